The number of nitrogens with one attached hydrogen (secondary N) is 1. The Balaban J connectivity index is 1.48. The van der Waals surface area contributed by atoms with Gasteiger partial charge < -0.3 is 4.42 Å². The van der Waals surface area contributed by atoms with Crippen LogP contribution in [0.25, 0.3) is 0 Å². The van der Waals surface area contributed by atoms with Crippen LogP contribution in [0.3, 0.4) is 0 Å². The number of carbonyl (C=O) groups is 2. The Kier molecular flexibility index (Phi) is 3.58. The fraction of sp³-hybridized carbons (Fsp3) is 0.611. The van der Waals surface area contributed by atoms with Crippen LogP contribution in [0, 0.1) is 17.8 Å². The van der Waals surface area contributed by atoms with E-state index in [9.17, 15) is 14.4 Å². The molecule has 1 aromatic heterocycles. The molecule has 0 saturated heterocycles. The zero-order chi connectivity index (χ0) is 16.0. The van der Waals surface area contributed by atoms with Crippen molar-refractivity contribution in [3.05, 3.63) is 33.4 Å². The zero-order valence-electron chi connectivity index (χ0n) is 13.1. The van der Waals surface area contributed by atoms with E-state index in [0.717, 1.165) is 29.7 Å². The number of rotatable bonds is 4. The van der Waals surface area contributed by atoms with Gasteiger partial charge in [0.15, 0.2) is 0 Å². The molecule has 1 unspecified atom stereocenters. The smallest absolute Gasteiger partial charge is 0.336 e. The van der Waals surface area contributed by atoms with Gasteiger partial charge in [-0.2, -0.15) is 0 Å². The lowest BCUT2D eigenvalue weighted by molar-refractivity contribution is -0.120. The van der Waals surface area contributed by atoms with E-state index in [1.54, 1.807) is 0 Å². The number of amides is 2. The summed E-state index contributed by atoms with van der Waals surface area (Å²) in [5, 5.41) is 2.31. The number of hydrogen-bond donors (Lipinski definition) is 1. The van der Waals surface area contributed by atoms with Crippen molar-refractivity contribution in [2.24, 2.45) is 17.8 Å². The minimum absolute atomic E-state index is 0.0295. The van der Waals surface area contributed by atoms with Gasteiger partial charge in [-0.25, -0.2) is 4.79 Å². The summed E-state index contributed by atoms with van der Waals surface area (Å²) in [6.07, 6.45) is 8.47. The summed E-state index contributed by atoms with van der Waals surface area (Å²) in [5.41, 5.74) is 0.671. The Morgan fingerprint density at radius 1 is 1.17 bits per heavy atom. The summed E-state index contributed by atoms with van der Waals surface area (Å²) in [7, 11) is 0. The molecular weight excluding hydrogens is 294 g/mol. The van der Waals surface area contributed by atoms with Gasteiger partial charge in [0, 0.05) is 6.07 Å². The number of aryl methyl sites for hydroxylation is 1. The summed E-state index contributed by atoms with van der Waals surface area (Å²) in [6.45, 7) is 0. The normalized spacial score (nSPS) is 27.0. The quantitative estimate of drug-likeness (QED) is 0.864. The predicted octanol–water partition coefficient (Wildman–Crippen LogP) is 2.21. The maximum absolute atomic E-state index is 12.1. The Morgan fingerprint density at radius 3 is 2.74 bits per heavy atom. The lowest BCUT2D eigenvalue weighted by Crippen LogP contribution is -2.38. The van der Waals surface area contributed by atoms with E-state index in [2.05, 4.69) is 5.32 Å². The fourth-order valence-electron chi connectivity index (χ4n) is 4.48. The van der Waals surface area contributed by atoms with Gasteiger partial charge in [0.25, 0.3) is 5.91 Å². The van der Waals surface area contributed by atoms with Crippen LogP contribution in [0.15, 0.2) is 15.3 Å². The highest BCUT2D eigenvalue weighted by atomic mass is 16.4. The first-order chi connectivity index (χ1) is 11.1. The minimum Gasteiger partial charge on any atom is -0.426 e. The molecule has 1 N–H and O–H groups in total. The van der Waals surface area contributed by atoms with E-state index in [1.165, 1.54) is 38.2 Å². The number of hydrogen-bond acceptors (Lipinski definition) is 4. The number of carbonyl (C=O) groups excluding carboxylic acids is 2. The second-order valence-electron chi connectivity index (χ2n) is 7.19. The van der Waals surface area contributed by atoms with Crippen molar-refractivity contribution in [1.82, 2.24) is 5.32 Å². The first kappa shape index (κ1) is 14.7. The first-order valence-electron chi connectivity index (χ1n) is 8.62. The molecule has 0 bridgehead atoms. The molecule has 2 saturated carbocycles. The molecule has 1 aromatic rings. The van der Waals surface area contributed by atoms with E-state index in [0.29, 0.717) is 12.0 Å². The van der Waals surface area contributed by atoms with Gasteiger partial charge in [0.2, 0.25) is 5.91 Å². The SMILES string of the molecule is O=C1Cc2oc(=O)cc(CCC3C[C@H]3C3CCCC3)c2C(=O)N1. The molecule has 23 heavy (non-hydrogen) atoms. The van der Waals surface area contributed by atoms with Crippen molar-refractivity contribution in [3.63, 3.8) is 0 Å². The topological polar surface area (TPSA) is 76.4 Å². The van der Waals surface area contributed by atoms with E-state index in [4.69, 9.17) is 4.42 Å². The van der Waals surface area contributed by atoms with Gasteiger partial charge in [-0.15, -0.1) is 0 Å². The second kappa shape index (κ2) is 5.62. The average Bonchev–Trinajstić information content (AvgIpc) is 3.05. The molecule has 5 nitrogen and oxygen atoms in total. The van der Waals surface area contributed by atoms with Crippen LogP contribution in [0.2, 0.25) is 0 Å². The number of imide groups is 1. The lowest BCUT2D eigenvalue weighted by Gasteiger charge is -2.16. The molecule has 2 aliphatic carbocycles. The Hall–Kier alpha value is -1.91. The Labute approximate surface area is 134 Å². The van der Waals surface area contributed by atoms with Crippen LogP contribution in [-0.4, -0.2) is 11.8 Å². The summed E-state index contributed by atoms with van der Waals surface area (Å²) in [6, 6.07) is 1.42. The molecule has 1 aliphatic heterocycles. The van der Waals surface area contributed by atoms with Crippen LogP contribution >= 0.6 is 0 Å². The molecule has 0 radical (unpaired) electrons. The summed E-state index contributed by atoms with van der Waals surface area (Å²) < 4.78 is 5.07. The maximum atomic E-state index is 12.1. The van der Waals surface area contributed by atoms with Gasteiger partial charge in [0.05, 0.1) is 12.0 Å². The van der Waals surface area contributed by atoms with Crippen LogP contribution in [-0.2, 0) is 17.6 Å². The first-order valence-corrected chi connectivity index (χ1v) is 8.62. The highest BCUT2D eigenvalue weighted by Crippen LogP contribution is 2.52. The molecule has 5 heteroatoms. The van der Waals surface area contributed by atoms with Crippen molar-refractivity contribution in [1.29, 1.82) is 0 Å². The summed E-state index contributed by atoms with van der Waals surface area (Å²) in [4.78, 5) is 35.2. The summed E-state index contributed by atoms with van der Waals surface area (Å²) >= 11 is 0. The Morgan fingerprint density at radius 2 is 1.96 bits per heavy atom. The van der Waals surface area contributed by atoms with Crippen molar-refractivity contribution >= 4 is 11.8 Å². The van der Waals surface area contributed by atoms with Crippen LogP contribution in [0.1, 0.15) is 60.2 Å². The molecule has 122 valence electrons. The molecule has 2 amide bonds. The lowest BCUT2D eigenvalue weighted by atomic mass is 9.95. The van der Waals surface area contributed by atoms with E-state index >= 15 is 0 Å². The molecule has 3 aliphatic rings. The van der Waals surface area contributed by atoms with E-state index < -0.39 is 17.4 Å². The zero-order valence-corrected chi connectivity index (χ0v) is 13.1. The molecule has 2 fully saturated rings. The van der Waals surface area contributed by atoms with Crippen molar-refractivity contribution in [3.8, 4) is 0 Å². The van der Waals surface area contributed by atoms with Crippen LogP contribution in [0.5, 0.6) is 0 Å². The van der Waals surface area contributed by atoms with Crippen LogP contribution in [0.4, 0.5) is 0 Å². The van der Waals surface area contributed by atoms with E-state index in [1.807, 2.05) is 0 Å². The monoisotopic (exact) mass is 315 g/mol. The Bertz CT molecular complexity index is 714. The van der Waals surface area contributed by atoms with Crippen molar-refractivity contribution < 1.29 is 14.0 Å². The molecule has 0 spiro atoms. The standard InChI is InChI=1S/C18H21NO4/c20-15-9-14-17(18(22)19-15)12(8-16(21)23-14)6-5-11-7-13(11)10-3-1-2-4-10/h8,10-11,13H,1-7,9H2,(H,19,20,22)/t11?,13-/m0/s1. The van der Waals surface area contributed by atoms with Crippen molar-refractivity contribution in [2.45, 2.75) is 51.4 Å². The predicted molar refractivity (Wildman–Crippen MR) is 83.0 cm³/mol. The largest absolute Gasteiger partial charge is 0.426 e. The molecule has 2 atom stereocenters. The van der Waals surface area contributed by atoms with Crippen molar-refractivity contribution in [2.75, 3.05) is 0 Å². The highest BCUT2D eigenvalue weighted by molar-refractivity contribution is 6.09. The van der Waals surface area contributed by atoms with Gasteiger partial charge >= 0.3 is 5.63 Å². The molecule has 4 rings (SSSR count). The van der Waals surface area contributed by atoms with Gasteiger partial charge in [-0.1, -0.05) is 25.7 Å². The minimum atomic E-state index is -0.468. The van der Waals surface area contributed by atoms with Gasteiger partial charge in [-0.05, 0) is 42.6 Å². The third kappa shape index (κ3) is 2.84. The average molecular weight is 315 g/mol. The third-order valence-corrected chi connectivity index (χ3v) is 5.68. The fourth-order valence-corrected chi connectivity index (χ4v) is 4.48. The third-order valence-electron chi connectivity index (χ3n) is 5.68. The number of fused-ring (bicyclic) bond motifs is 1. The van der Waals surface area contributed by atoms with Gasteiger partial charge in [-0.3, -0.25) is 14.9 Å². The highest BCUT2D eigenvalue weighted by Gasteiger charge is 2.43. The maximum Gasteiger partial charge on any atom is 0.336 e. The van der Waals surface area contributed by atoms with Crippen LogP contribution < -0.4 is 10.9 Å². The van der Waals surface area contributed by atoms with E-state index in [-0.39, 0.29) is 12.2 Å². The second-order valence-corrected chi connectivity index (χ2v) is 7.19. The molecule has 0 aromatic carbocycles. The summed E-state index contributed by atoms with van der Waals surface area (Å²) in [5.74, 6) is 1.86. The molecular formula is C18H21NO4. The van der Waals surface area contributed by atoms with Gasteiger partial charge in [0.1, 0.15) is 5.76 Å². The molecule has 2 heterocycles.